The van der Waals surface area contributed by atoms with E-state index in [1.165, 1.54) is 11.5 Å². The second-order valence-electron chi connectivity index (χ2n) is 2.90. The fraction of sp³-hybridized carbons (Fsp3) is 0.111. The van der Waals surface area contributed by atoms with Gasteiger partial charge in [-0.15, -0.1) is 0 Å². The Morgan fingerprint density at radius 2 is 2.27 bits per heavy atom. The fourth-order valence-corrected chi connectivity index (χ4v) is 1.89. The van der Waals surface area contributed by atoms with Crippen molar-refractivity contribution in [3.63, 3.8) is 0 Å². The van der Waals surface area contributed by atoms with E-state index in [9.17, 15) is 0 Å². The number of nitrogens with two attached hydrogens (primary N) is 1. The quantitative estimate of drug-likeness (QED) is 0.862. The summed E-state index contributed by atoms with van der Waals surface area (Å²) in [6, 6.07) is 5.36. The van der Waals surface area contributed by atoms with Gasteiger partial charge < -0.3 is 10.5 Å². The maximum absolute atomic E-state index is 5.65. The van der Waals surface area contributed by atoms with Gasteiger partial charge in [-0.25, -0.2) is 0 Å². The van der Waals surface area contributed by atoms with Crippen LogP contribution in [0.1, 0.15) is 5.82 Å². The van der Waals surface area contributed by atoms with Crippen molar-refractivity contribution < 1.29 is 4.74 Å². The molecule has 1 aromatic carbocycles. The van der Waals surface area contributed by atoms with Gasteiger partial charge in [-0.1, -0.05) is 0 Å². The molecular formula is C9H8BrN3OS. The van der Waals surface area contributed by atoms with Crippen molar-refractivity contribution in [3.05, 3.63) is 28.5 Å². The van der Waals surface area contributed by atoms with E-state index in [1.807, 2.05) is 13.0 Å². The summed E-state index contributed by atoms with van der Waals surface area (Å²) in [4.78, 5) is 4.10. The van der Waals surface area contributed by atoms with Crippen LogP contribution in [0.2, 0.25) is 0 Å². The third-order valence-corrected chi connectivity index (χ3v) is 3.00. The van der Waals surface area contributed by atoms with E-state index in [2.05, 4.69) is 25.3 Å². The van der Waals surface area contributed by atoms with E-state index in [4.69, 9.17) is 10.5 Å². The molecule has 0 saturated heterocycles. The van der Waals surface area contributed by atoms with Crippen LogP contribution in [0.5, 0.6) is 10.9 Å². The van der Waals surface area contributed by atoms with Crippen molar-refractivity contribution in [3.8, 4) is 10.9 Å². The molecule has 1 aromatic heterocycles. The smallest absolute Gasteiger partial charge is 0.298 e. The predicted octanol–water partition coefficient (Wildman–Crippen LogP) is 2.98. The van der Waals surface area contributed by atoms with Gasteiger partial charge in [-0.05, 0) is 35.0 Å². The first-order valence-corrected chi connectivity index (χ1v) is 5.75. The van der Waals surface area contributed by atoms with E-state index in [1.54, 1.807) is 12.1 Å². The Morgan fingerprint density at radius 3 is 2.93 bits per heavy atom. The van der Waals surface area contributed by atoms with Gasteiger partial charge in [0.15, 0.2) is 0 Å². The molecule has 0 aliphatic rings. The van der Waals surface area contributed by atoms with Crippen LogP contribution in [-0.2, 0) is 0 Å². The van der Waals surface area contributed by atoms with Gasteiger partial charge in [0.25, 0.3) is 5.19 Å². The van der Waals surface area contributed by atoms with Crippen molar-refractivity contribution in [2.75, 3.05) is 5.73 Å². The molecule has 0 saturated carbocycles. The molecule has 0 radical (unpaired) electrons. The van der Waals surface area contributed by atoms with Gasteiger partial charge in [0, 0.05) is 23.3 Å². The molecule has 0 aliphatic carbocycles. The van der Waals surface area contributed by atoms with Crippen molar-refractivity contribution in [1.29, 1.82) is 0 Å². The van der Waals surface area contributed by atoms with Crippen LogP contribution in [-0.4, -0.2) is 9.36 Å². The number of rotatable bonds is 2. The molecule has 15 heavy (non-hydrogen) atoms. The lowest BCUT2D eigenvalue weighted by Gasteiger charge is -2.04. The zero-order valence-corrected chi connectivity index (χ0v) is 10.3. The van der Waals surface area contributed by atoms with Crippen LogP contribution < -0.4 is 10.5 Å². The Balaban J connectivity index is 2.27. The summed E-state index contributed by atoms with van der Waals surface area (Å²) in [7, 11) is 0. The van der Waals surface area contributed by atoms with Crippen LogP contribution >= 0.6 is 27.5 Å². The largest absolute Gasteiger partial charge is 0.429 e. The molecule has 1 heterocycles. The van der Waals surface area contributed by atoms with Gasteiger partial charge >= 0.3 is 0 Å². The highest BCUT2D eigenvalue weighted by atomic mass is 79.9. The topological polar surface area (TPSA) is 61.0 Å². The number of hydrogen-bond donors (Lipinski definition) is 1. The van der Waals surface area contributed by atoms with Crippen molar-refractivity contribution >= 4 is 33.1 Å². The summed E-state index contributed by atoms with van der Waals surface area (Å²) in [5, 5.41) is 0.513. The zero-order valence-electron chi connectivity index (χ0n) is 7.90. The lowest BCUT2D eigenvalue weighted by molar-refractivity contribution is 0.475. The number of nitrogen functional groups attached to an aromatic ring is 1. The molecule has 0 bridgehead atoms. The Kier molecular flexibility index (Phi) is 2.88. The van der Waals surface area contributed by atoms with Gasteiger partial charge in [-0.3, -0.25) is 0 Å². The first kappa shape index (κ1) is 10.4. The maximum atomic E-state index is 5.65. The van der Waals surface area contributed by atoms with Crippen molar-refractivity contribution in [1.82, 2.24) is 9.36 Å². The maximum Gasteiger partial charge on any atom is 0.298 e. The molecule has 0 unspecified atom stereocenters. The van der Waals surface area contributed by atoms with Crippen LogP contribution in [0.15, 0.2) is 22.7 Å². The molecule has 2 rings (SSSR count). The number of aryl methyl sites for hydroxylation is 1. The fourth-order valence-electron chi connectivity index (χ4n) is 1.01. The predicted molar refractivity (Wildman–Crippen MR) is 63.3 cm³/mol. The molecule has 0 spiro atoms. The molecule has 6 heteroatoms. The first-order chi connectivity index (χ1) is 7.15. The molecule has 2 N–H and O–H groups in total. The summed E-state index contributed by atoms with van der Waals surface area (Å²) in [5.41, 5.74) is 6.30. The average Bonchev–Trinajstić information content (AvgIpc) is 2.58. The normalized spacial score (nSPS) is 10.3. The lowest BCUT2D eigenvalue weighted by atomic mass is 10.3. The minimum Gasteiger partial charge on any atom is -0.429 e. The van der Waals surface area contributed by atoms with E-state index in [-0.39, 0.29) is 0 Å². The van der Waals surface area contributed by atoms with Crippen molar-refractivity contribution in [2.45, 2.75) is 6.92 Å². The number of ether oxygens (including phenoxy) is 1. The minimum atomic E-state index is 0.513. The van der Waals surface area contributed by atoms with Gasteiger partial charge in [-0.2, -0.15) is 9.36 Å². The van der Waals surface area contributed by atoms with E-state index >= 15 is 0 Å². The molecule has 78 valence electrons. The Morgan fingerprint density at radius 1 is 1.47 bits per heavy atom. The highest BCUT2D eigenvalue weighted by molar-refractivity contribution is 9.10. The second kappa shape index (κ2) is 4.16. The SMILES string of the molecule is Cc1nsc(Oc2cc(N)ccc2Br)n1. The Labute approximate surface area is 99.4 Å². The highest BCUT2D eigenvalue weighted by Gasteiger charge is 2.06. The number of hydrogen-bond acceptors (Lipinski definition) is 5. The lowest BCUT2D eigenvalue weighted by Crippen LogP contribution is -1.88. The molecular weight excluding hydrogens is 278 g/mol. The van der Waals surface area contributed by atoms with Crippen LogP contribution in [0.4, 0.5) is 5.69 Å². The monoisotopic (exact) mass is 285 g/mol. The molecule has 0 amide bonds. The number of anilines is 1. The molecule has 0 aliphatic heterocycles. The van der Waals surface area contributed by atoms with Crippen LogP contribution in [0, 0.1) is 6.92 Å². The second-order valence-corrected chi connectivity index (χ2v) is 4.47. The standard InChI is InChI=1S/C9H8BrN3OS/c1-5-12-9(15-13-5)14-8-4-6(11)2-3-7(8)10/h2-4H,11H2,1H3. The summed E-state index contributed by atoms with van der Waals surface area (Å²) in [6.07, 6.45) is 0. The van der Waals surface area contributed by atoms with Gasteiger partial charge in [0.2, 0.25) is 0 Å². The van der Waals surface area contributed by atoms with E-state index in [0.29, 0.717) is 22.5 Å². The molecule has 0 fully saturated rings. The number of aromatic nitrogens is 2. The Hall–Kier alpha value is -1.14. The number of nitrogens with zero attached hydrogens (tertiary/aromatic N) is 2. The highest BCUT2D eigenvalue weighted by Crippen LogP contribution is 2.31. The van der Waals surface area contributed by atoms with Crippen LogP contribution in [0.3, 0.4) is 0 Å². The van der Waals surface area contributed by atoms with Gasteiger partial charge in [0.05, 0.1) is 4.47 Å². The first-order valence-electron chi connectivity index (χ1n) is 4.18. The number of halogens is 1. The third kappa shape index (κ3) is 2.45. The summed E-state index contributed by atoms with van der Waals surface area (Å²) >= 11 is 4.58. The van der Waals surface area contributed by atoms with E-state index in [0.717, 1.165) is 4.47 Å². The zero-order chi connectivity index (χ0) is 10.8. The van der Waals surface area contributed by atoms with Crippen molar-refractivity contribution in [2.24, 2.45) is 0 Å². The van der Waals surface area contributed by atoms with E-state index < -0.39 is 0 Å². The average molecular weight is 286 g/mol. The van der Waals surface area contributed by atoms with Crippen LogP contribution in [0.25, 0.3) is 0 Å². The molecule has 4 nitrogen and oxygen atoms in total. The number of benzene rings is 1. The minimum absolute atomic E-state index is 0.513. The summed E-state index contributed by atoms with van der Waals surface area (Å²) in [6.45, 7) is 1.82. The summed E-state index contributed by atoms with van der Waals surface area (Å²) in [5.74, 6) is 1.35. The Bertz CT molecular complexity index is 486. The van der Waals surface area contributed by atoms with Gasteiger partial charge in [0.1, 0.15) is 11.6 Å². The summed E-state index contributed by atoms with van der Waals surface area (Å²) < 4.78 is 10.4. The third-order valence-electron chi connectivity index (χ3n) is 1.66. The molecule has 0 atom stereocenters. The molecule has 2 aromatic rings.